The van der Waals surface area contributed by atoms with Gasteiger partial charge < -0.3 is 4.74 Å². The molecule has 30 heavy (non-hydrogen) atoms. The molecule has 0 aromatic heterocycles. The highest BCUT2D eigenvalue weighted by molar-refractivity contribution is 5.91. The fourth-order valence-electron chi connectivity index (χ4n) is 8.78. The van der Waals surface area contributed by atoms with Crippen molar-refractivity contribution in [2.45, 2.75) is 98.3 Å². The molecule has 0 bridgehead atoms. The molecular weight excluding hydrogens is 372 g/mol. The summed E-state index contributed by atoms with van der Waals surface area (Å²) in [5.74, 6) is 3.70. The Kier molecular flexibility index (Phi) is 6.21. The monoisotopic (exact) mass is 414 g/mol. The van der Waals surface area contributed by atoms with Crippen LogP contribution >= 0.6 is 0 Å². The fraction of sp³-hybridized carbons (Fsp3) is 0.852. The first kappa shape index (κ1) is 22.1. The zero-order valence-electron chi connectivity index (χ0n) is 19.6. The predicted molar refractivity (Wildman–Crippen MR) is 120 cm³/mol. The van der Waals surface area contributed by atoms with Crippen molar-refractivity contribution >= 4 is 11.9 Å². The third-order valence-corrected chi connectivity index (χ3v) is 10.3. The van der Waals surface area contributed by atoms with Gasteiger partial charge in [-0.2, -0.15) is 0 Å². The third kappa shape index (κ3) is 3.69. The lowest BCUT2D eigenvalue weighted by Gasteiger charge is -2.60. The third-order valence-electron chi connectivity index (χ3n) is 10.3. The van der Waals surface area contributed by atoms with Gasteiger partial charge in [0.05, 0.1) is 0 Å². The number of fused-ring (bicyclic) bond motifs is 5. The van der Waals surface area contributed by atoms with E-state index in [1.807, 2.05) is 6.08 Å². The summed E-state index contributed by atoms with van der Waals surface area (Å²) in [5, 5.41) is 0. The summed E-state index contributed by atoms with van der Waals surface area (Å²) in [6, 6.07) is 0. The van der Waals surface area contributed by atoms with Crippen molar-refractivity contribution in [1.29, 1.82) is 0 Å². The van der Waals surface area contributed by atoms with Gasteiger partial charge in [0.2, 0.25) is 0 Å². The van der Waals surface area contributed by atoms with Crippen molar-refractivity contribution in [3.63, 3.8) is 0 Å². The first-order chi connectivity index (χ1) is 14.3. The molecular formula is C27H42O3. The van der Waals surface area contributed by atoms with Crippen LogP contribution in [0.4, 0.5) is 0 Å². The Hall–Kier alpha value is -1.12. The minimum atomic E-state index is -0.513. The van der Waals surface area contributed by atoms with Crippen LogP contribution in [0.5, 0.6) is 0 Å². The van der Waals surface area contributed by atoms with Crippen LogP contribution in [-0.4, -0.2) is 11.9 Å². The van der Waals surface area contributed by atoms with E-state index < -0.39 is 11.9 Å². The average Bonchev–Trinajstić information content (AvgIpc) is 3.08. The van der Waals surface area contributed by atoms with Gasteiger partial charge in [0.1, 0.15) is 0 Å². The van der Waals surface area contributed by atoms with Gasteiger partial charge in [-0.1, -0.05) is 46.6 Å². The molecule has 0 aliphatic heterocycles. The second-order valence-corrected chi connectivity index (χ2v) is 11.5. The summed E-state index contributed by atoms with van der Waals surface area (Å²) >= 11 is 0. The molecule has 0 aromatic carbocycles. The summed E-state index contributed by atoms with van der Waals surface area (Å²) in [7, 11) is 0. The molecule has 0 aromatic rings. The number of allylic oxidation sites excluding steroid dienone is 1. The van der Waals surface area contributed by atoms with E-state index in [0.29, 0.717) is 22.7 Å². The second kappa shape index (κ2) is 8.43. The van der Waals surface area contributed by atoms with Crippen molar-refractivity contribution < 1.29 is 14.3 Å². The van der Waals surface area contributed by atoms with E-state index in [1.165, 1.54) is 70.3 Å². The van der Waals surface area contributed by atoms with Crippen LogP contribution in [-0.2, 0) is 14.3 Å². The number of hydrogen-bond donors (Lipinski definition) is 0. The van der Waals surface area contributed by atoms with Crippen LogP contribution in [0.25, 0.3) is 0 Å². The van der Waals surface area contributed by atoms with Crippen molar-refractivity contribution in [2.75, 3.05) is 0 Å². The van der Waals surface area contributed by atoms with Crippen molar-refractivity contribution in [1.82, 2.24) is 0 Å². The molecule has 8 atom stereocenters. The summed E-state index contributed by atoms with van der Waals surface area (Å²) in [6.07, 6.45) is 17.9. The van der Waals surface area contributed by atoms with Crippen LogP contribution in [0.3, 0.4) is 0 Å². The topological polar surface area (TPSA) is 43.4 Å². The van der Waals surface area contributed by atoms with Gasteiger partial charge in [-0.15, -0.1) is 0 Å². The molecule has 0 spiro atoms. The van der Waals surface area contributed by atoms with Crippen molar-refractivity contribution in [3.8, 4) is 0 Å². The van der Waals surface area contributed by atoms with Crippen LogP contribution in [0.15, 0.2) is 12.2 Å². The summed E-state index contributed by atoms with van der Waals surface area (Å²) in [5.41, 5.74) is 0.994. The standard InChI is InChI=1S/C27H42O3/c1-5-24(28)30-25(29)14-9-18(2)21-12-13-22-20-11-10-19-8-6-7-16-26(19,3)23(20)15-17-27(21,22)4/h9,14,18-23H,5-8,10-13,15-17H2,1-4H3/t18-,19?,20+,21-,22+,23+,26+,27-/m1/s1. The van der Waals surface area contributed by atoms with Gasteiger partial charge in [0.25, 0.3) is 0 Å². The molecule has 0 radical (unpaired) electrons. The van der Waals surface area contributed by atoms with E-state index in [1.54, 1.807) is 6.92 Å². The van der Waals surface area contributed by atoms with Crippen LogP contribution in [0.2, 0.25) is 0 Å². The fourth-order valence-corrected chi connectivity index (χ4v) is 8.78. The smallest absolute Gasteiger partial charge is 0.338 e. The number of rotatable bonds is 4. The highest BCUT2D eigenvalue weighted by atomic mass is 16.6. The summed E-state index contributed by atoms with van der Waals surface area (Å²) < 4.78 is 4.81. The molecule has 3 nitrogen and oxygen atoms in total. The number of carbonyl (C=O) groups excluding carboxylic acids is 2. The molecule has 0 heterocycles. The molecule has 0 amide bonds. The minimum absolute atomic E-state index is 0.236. The minimum Gasteiger partial charge on any atom is -0.390 e. The van der Waals surface area contributed by atoms with E-state index in [9.17, 15) is 9.59 Å². The molecule has 0 N–H and O–H groups in total. The number of hydrogen-bond acceptors (Lipinski definition) is 3. The maximum atomic E-state index is 11.9. The highest BCUT2D eigenvalue weighted by Crippen LogP contribution is 2.68. The summed E-state index contributed by atoms with van der Waals surface area (Å²) in [4.78, 5) is 23.3. The molecule has 0 saturated heterocycles. The Morgan fingerprint density at radius 3 is 2.50 bits per heavy atom. The lowest BCUT2D eigenvalue weighted by atomic mass is 9.44. The maximum Gasteiger partial charge on any atom is 0.338 e. The molecule has 4 rings (SSSR count). The molecule has 4 aliphatic carbocycles. The first-order valence-electron chi connectivity index (χ1n) is 12.7. The summed E-state index contributed by atoms with van der Waals surface area (Å²) in [6.45, 7) is 9.18. The molecule has 3 heteroatoms. The zero-order valence-corrected chi connectivity index (χ0v) is 19.6. The van der Waals surface area contributed by atoms with Gasteiger partial charge in [0, 0.05) is 12.5 Å². The van der Waals surface area contributed by atoms with E-state index in [-0.39, 0.29) is 6.42 Å². The van der Waals surface area contributed by atoms with Crippen LogP contribution in [0.1, 0.15) is 98.3 Å². The van der Waals surface area contributed by atoms with E-state index in [0.717, 1.165) is 23.7 Å². The molecule has 4 saturated carbocycles. The normalized spacial score (nSPS) is 44.1. The van der Waals surface area contributed by atoms with Gasteiger partial charge in [-0.25, -0.2) is 4.79 Å². The Morgan fingerprint density at radius 2 is 1.73 bits per heavy atom. The second-order valence-electron chi connectivity index (χ2n) is 11.5. The van der Waals surface area contributed by atoms with Gasteiger partial charge >= 0.3 is 11.9 Å². The Balaban J connectivity index is 1.46. The van der Waals surface area contributed by atoms with Gasteiger partial charge in [-0.05, 0) is 97.7 Å². The van der Waals surface area contributed by atoms with Crippen LogP contribution < -0.4 is 0 Å². The Labute approximate surface area is 183 Å². The molecule has 4 aliphatic rings. The van der Waals surface area contributed by atoms with E-state index in [4.69, 9.17) is 4.74 Å². The number of esters is 2. The lowest BCUT2D eigenvalue weighted by molar-refractivity contribution is -0.155. The average molecular weight is 415 g/mol. The first-order valence-corrected chi connectivity index (χ1v) is 12.7. The SMILES string of the molecule is CCC(=O)OC(=O)C=C[C@@H](C)[C@H]1CC[C@H]2[C@@H]3CCC4CCCC[C@]4(C)[C@H]3CC[C@]12C. The Morgan fingerprint density at radius 1 is 0.967 bits per heavy atom. The zero-order chi connectivity index (χ0) is 21.5. The van der Waals surface area contributed by atoms with Crippen molar-refractivity contribution in [3.05, 3.63) is 12.2 Å². The Bertz CT molecular complexity index is 696. The lowest BCUT2D eigenvalue weighted by Crippen LogP contribution is -2.53. The number of carbonyl (C=O) groups is 2. The van der Waals surface area contributed by atoms with Crippen molar-refractivity contribution in [2.24, 2.45) is 46.3 Å². The highest BCUT2D eigenvalue weighted by Gasteiger charge is 2.59. The van der Waals surface area contributed by atoms with Gasteiger partial charge in [0.15, 0.2) is 0 Å². The quantitative estimate of drug-likeness (QED) is 0.292. The predicted octanol–water partition coefficient (Wildman–Crippen LogP) is 6.71. The largest absolute Gasteiger partial charge is 0.390 e. The molecule has 168 valence electrons. The van der Waals surface area contributed by atoms with E-state index >= 15 is 0 Å². The number of ether oxygens (including phenoxy) is 1. The molecule has 1 unspecified atom stereocenters. The van der Waals surface area contributed by atoms with Crippen LogP contribution in [0, 0.1) is 46.3 Å². The molecule has 4 fully saturated rings. The maximum absolute atomic E-state index is 11.9. The van der Waals surface area contributed by atoms with E-state index in [2.05, 4.69) is 20.8 Å². The van der Waals surface area contributed by atoms with Gasteiger partial charge in [-0.3, -0.25) is 4.79 Å².